The molecule has 3 rings (SSSR count). The van der Waals surface area contributed by atoms with Crippen LogP contribution in [0.3, 0.4) is 0 Å². The van der Waals surface area contributed by atoms with Gasteiger partial charge >= 0.3 is 0 Å². The average Bonchev–Trinajstić information content (AvgIpc) is 2.92. The molecule has 2 saturated heterocycles. The Balaban J connectivity index is 1.85. The van der Waals surface area contributed by atoms with E-state index in [4.69, 9.17) is 41.9 Å². The molecule has 0 radical (unpaired) electrons. The largest absolute Gasteiger partial charge is 0.394 e. The van der Waals surface area contributed by atoms with Crippen molar-refractivity contribution < 1.29 is 64.6 Å². The van der Waals surface area contributed by atoms with E-state index in [1.165, 1.54) is 0 Å². The summed E-state index contributed by atoms with van der Waals surface area (Å²) >= 11 is 0. The average molecular weight is 586 g/mol. The molecular weight excluding hydrogens is 542 g/mol. The molecule has 2 aliphatic heterocycles. The van der Waals surface area contributed by atoms with Crippen molar-refractivity contribution in [2.45, 2.75) is 111 Å². The third-order valence-electron chi connectivity index (χ3n) is 7.51. The van der Waals surface area contributed by atoms with Crippen LogP contribution in [0.4, 0.5) is 0 Å². The second-order valence-electron chi connectivity index (χ2n) is 10.3. The first-order chi connectivity index (χ1) is 18.9. The second-order valence-corrected chi connectivity index (χ2v) is 10.3. The zero-order valence-electron chi connectivity index (χ0n) is 21.7. The number of hydrogen-bond donors (Lipinski definition) is 13. The smallest absolute Gasteiger partial charge is 0.249 e. The van der Waals surface area contributed by atoms with Gasteiger partial charge in [0.1, 0.15) is 67.1 Å². The van der Waals surface area contributed by atoms with Gasteiger partial charge in [0.2, 0.25) is 5.91 Å². The molecule has 17 N–H and O–H groups in total. The quantitative estimate of drug-likeness (QED) is 0.113. The molecule has 3 fully saturated rings. The van der Waals surface area contributed by atoms with Crippen LogP contribution in [0.5, 0.6) is 0 Å². The van der Waals surface area contributed by atoms with Crippen molar-refractivity contribution in [3.8, 4) is 0 Å². The fourth-order valence-electron chi connectivity index (χ4n) is 5.07. The van der Waals surface area contributed by atoms with E-state index in [1.54, 1.807) is 0 Å². The second kappa shape index (κ2) is 14.3. The van der Waals surface area contributed by atoms with Crippen LogP contribution in [0.2, 0.25) is 0 Å². The van der Waals surface area contributed by atoms with E-state index in [1.807, 2.05) is 0 Å². The molecule has 18 nitrogen and oxygen atoms in total. The first-order valence-corrected chi connectivity index (χ1v) is 13.1. The molecule has 1 aliphatic carbocycles. The Hall–Kier alpha value is -1.17. The van der Waals surface area contributed by atoms with Crippen molar-refractivity contribution in [3.63, 3.8) is 0 Å². The first kappa shape index (κ1) is 33.3. The van der Waals surface area contributed by atoms with Gasteiger partial charge in [-0.2, -0.15) is 0 Å². The Morgan fingerprint density at radius 3 is 2.05 bits per heavy atom. The SMILES string of the molecule is NCC[C@@H](O)C(=O)N[C@@H]1C[C@@H](N)[C@@H](O[C@H]2O[C@@H](CN)[C@@H](O)[C@@H](O)[C@H]2O)[C@H](O)[C@@H]1O[C@H]1O[C@@H](CO)[C@@H](O)[C@@H](N)[C@H]1O. The van der Waals surface area contributed by atoms with E-state index in [0.717, 1.165) is 0 Å². The molecule has 0 bridgehead atoms. The normalized spacial score (nSPS) is 47.0. The number of carbonyl (C=O) groups excluding carboxylic acids is 1. The van der Waals surface area contributed by atoms with E-state index < -0.39 is 110 Å². The number of ether oxygens (including phenoxy) is 4. The van der Waals surface area contributed by atoms with Gasteiger partial charge in [0.05, 0.1) is 18.7 Å². The van der Waals surface area contributed by atoms with E-state index in [2.05, 4.69) is 5.32 Å². The number of nitrogens with one attached hydrogen (secondary N) is 1. The van der Waals surface area contributed by atoms with Gasteiger partial charge in [-0.15, -0.1) is 0 Å². The van der Waals surface area contributed by atoms with Crippen molar-refractivity contribution in [2.75, 3.05) is 19.7 Å². The topological polar surface area (TPSA) is 332 Å². The molecule has 0 aromatic heterocycles. The minimum atomic E-state index is -1.76. The fraction of sp³-hybridized carbons (Fsp3) is 0.955. The number of hydrogen-bond acceptors (Lipinski definition) is 17. The lowest BCUT2D eigenvalue weighted by Gasteiger charge is -2.49. The molecule has 0 aromatic rings. The molecule has 234 valence electrons. The highest BCUT2D eigenvalue weighted by Gasteiger charge is 2.52. The van der Waals surface area contributed by atoms with Gasteiger partial charge in [-0.05, 0) is 19.4 Å². The molecule has 1 saturated carbocycles. The maximum atomic E-state index is 12.6. The predicted octanol–water partition coefficient (Wildman–Crippen LogP) is -8.42. The molecule has 16 atom stereocenters. The lowest BCUT2D eigenvalue weighted by molar-refractivity contribution is -0.332. The van der Waals surface area contributed by atoms with Crippen LogP contribution < -0.4 is 28.3 Å². The maximum absolute atomic E-state index is 12.6. The summed E-state index contributed by atoms with van der Waals surface area (Å²) < 4.78 is 22.5. The van der Waals surface area contributed by atoms with Crippen molar-refractivity contribution in [3.05, 3.63) is 0 Å². The molecule has 3 aliphatic rings. The lowest BCUT2D eigenvalue weighted by atomic mass is 9.83. The highest BCUT2D eigenvalue weighted by molar-refractivity contribution is 5.80. The van der Waals surface area contributed by atoms with Gasteiger partial charge in [-0.25, -0.2) is 0 Å². The molecule has 0 spiro atoms. The van der Waals surface area contributed by atoms with Crippen molar-refractivity contribution in [2.24, 2.45) is 22.9 Å². The zero-order valence-corrected chi connectivity index (χ0v) is 21.7. The molecule has 40 heavy (non-hydrogen) atoms. The van der Waals surface area contributed by atoms with Gasteiger partial charge in [-0.3, -0.25) is 4.79 Å². The van der Waals surface area contributed by atoms with E-state index in [0.29, 0.717) is 0 Å². The molecule has 0 aromatic carbocycles. The third-order valence-corrected chi connectivity index (χ3v) is 7.51. The number of rotatable bonds is 10. The van der Waals surface area contributed by atoms with Crippen molar-refractivity contribution in [1.82, 2.24) is 5.32 Å². The standard InChI is InChI=1S/C22H43N5O13/c23-2-1-8(29)20(36)27-7-3-6(25)18(39-22-16(34)15(33)13(31)9(4-24)37-22)17(35)19(7)40-21-14(32)11(26)12(30)10(5-28)38-21/h6-19,21-22,28-35H,1-5,23-26H2,(H,27,36)/t6-,7-,8-,9+,10+,11-,12-,13-,14-,15-,16-,17+,18-,19-,21-,22-/m1/s1. The monoisotopic (exact) mass is 585 g/mol. The summed E-state index contributed by atoms with van der Waals surface area (Å²) in [5.74, 6) is -0.845. The van der Waals surface area contributed by atoms with Crippen LogP contribution in [0.15, 0.2) is 0 Å². The Bertz CT molecular complexity index is 815. The summed E-state index contributed by atoms with van der Waals surface area (Å²) in [6.07, 6.45) is -19.8. The zero-order chi connectivity index (χ0) is 29.9. The number of amides is 1. The van der Waals surface area contributed by atoms with E-state index in [9.17, 15) is 45.6 Å². The number of nitrogens with two attached hydrogens (primary N) is 4. The lowest BCUT2D eigenvalue weighted by Crippen LogP contribution is -2.69. The van der Waals surface area contributed by atoms with Crippen LogP contribution in [0.25, 0.3) is 0 Å². The fourth-order valence-corrected chi connectivity index (χ4v) is 5.07. The van der Waals surface area contributed by atoms with Crippen LogP contribution in [-0.2, 0) is 23.7 Å². The van der Waals surface area contributed by atoms with Crippen molar-refractivity contribution in [1.29, 1.82) is 0 Å². The summed E-state index contributed by atoms with van der Waals surface area (Å²) in [7, 11) is 0. The third kappa shape index (κ3) is 7.06. The van der Waals surface area contributed by atoms with Crippen LogP contribution >= 0.6 is 0 Å². The number of carbonyl (C=O) groups is 1. The van der Waals surface area contributed by atoms with Gasteiger partial charge in [-0.1, -0.05) is 0 Å². The van der Waals surface area contributed by atoms with Gasteiger partial charge in [0, 0.05) is 12.6 Å². The summed E-state index contributed by atoms with van der Waals surface area (Å²) in [4.78, 5) is 12.6. The molecule has 0 unspecified atom stereocenters. The molecule has 18 heteroatoms. The van der Waals surface area contributed by atoms with Gasteiger partial charge in [0.15, 0.2) is 12.6 Å². The van der Waals surface area contributed by atoms with Crippen LogP contribution in [0, 0.1) is 0 Å². The molecular formula is C22H43N5O13. The highest BCUT2D eigenvalue weighted by Crippen LogP contribution is 2.32. The van der Waals surface area contributed by atoms with E-state index in [-0.39, 0.29) is 25.9 Å². The number of aliphatic hydroxyl groups excluding tert-OH is 8. The summed E-state index contributed by atoms with van der Waals surface area (Å²) in [6.45, 7) is -0.898. The summed E-state index contributed by atoms with van der Waals surface area (Å²) in [5.41, 5.74) is 23.1. The van der Waals surface area contributed by atoms with Crippen LogP contribution in [-0.4, -0.2) is 164 Å². The van der Waals surface area contributed by atoms with E-state index >= 15 is 0 Å². The number of aliphatic hydroxyl groups is 8. The Morgan fingerprint density at radius 2 is 1.45 bits per heavy atom. The van der Waals surface area contributed by atoms with Gasteiger partial charge < -0.3 is 88.1 Å². The summed E-state index contributed by atoms with van der Waals surface area (Å²) in [5, 5.41) is 84.9. The molecule has 2 heterocycles. The minimum absolute atomic E-state index is 0.0101. The summed E-state index contributed by atoms with van der Waals surface area (Å²) in [6, 6.07) is -3.45. The molecule has 1 amide bonds. The Labute approximate surface area is 229 Å². The van der Waals surface area contributed by atoms with Gasteiger partial charge in [0.25, 0.3) is 0 Å². The van der Waals surface area contributed by atoms with Crippen LogP contribution in [0.1, 0.15) is 12.8 Å². The predicted molar refractivity (Wildman–Crippen MR) is 131 cm³/mol. The maximum Gasteiger partial charge on any atom is 0.249 e. The Morgan fingerprint density at radius 1 is 0.850 bits per heavy atom. The van der Waals surface area contributed by atoms with Crippen molar-refractivity contribution >= 4 is 5.91 Å². The first-order valence-electron chi connectivity index (χ1n) is 13.1. The minimum Gasteiger partial charge on any atom is -0.394 e. The highest BCUT2D eigenvalue weighted by atomic mass is 16.7. The Kier molecular flexibility index (Phi) is 11.9.